The molecule has 3 aromatic rings. The molecule has 0 aliphatic heterocycles. The summed E-state index contributed by atoms with van der Waals surface area (Å²) in [6, 6.07) is 19.7. The number of carbonyl (C=O) groups excluding carboxylic acids is 2. The summed E-state index contributed by atoms with van der Waals surface area (Å²) in [5.74, 6) is 1.58. The fourth-order valence-corrected chi connectivity index (χ4v) is 5.41. The van der Waals surface area contributed by atoms with E-state index in [0.29, 0.717) is 36.8 Å². The highest BCUT2D eigenvalue weighted by atomic mass is 32.2. The van der Waals surface area contributed by atoms with Crippen LogP contribution in [0.3, 0.4) is 0 Å². The third-order valence-electron chi connectivity index (χ3n) is 6.25. The van der Waals surface area contributed by atoms with Gasteiger partial charge in [0.05, 0.1) is 26.5 Å². The second-order valence-corrected chi connectivity index (χ2v) is 10.8. The van der Waals surface area contributed by atoms with E-state index in [1.165, 1.54) is 11.8 Å². The van der Waals surface area contributed by atoms with Gasteiger partial charge in [0.25, 0.3) is 0 Å². The number of thioether (sulfide) groups is 1. The molecular formula is C29H36N2O4S2. The van der Waals surface area contributed by atoms with Gasteiger partial charge in [-0.2, -0.15) is 0 Å². The summed E-state index contributed by atoms with van der Waals surface area (Å²) in [7, 11) is 3.23. The first-order valence-corrected chi connectivity index (χ1v) is 14.3. The number of nitrogens with zero attached hydrogens (tertiary/aromatic N) is 2. The Kier molecular flexibility index (Phi) is 11.4. The Morgan fingerprint density at radius 1 is 0.973 bits per heavy atom. The molecule has 2 aromatic carbocycles. The van der Waals surface area contributed by atoms with E-state index in [1.54, 1.807) is 30.5 Å². The van der Waals surface area contributed by atoms with Crippen LogP contribution in [0.4, 0.5) is 0 Å². The summed E-state index contributed by atoms with van der Waals surface area (Å²) in [5.41, 5.74) is 1.05. The molecule has 6 nitrogen and oxygen atoms in total. The number of carbonyl (C=O) groups is 2. The fraction of sp³-hybridized carbons (Fsp3) is 0.379. The number of thiophene rings is 1. The molecule has 1 heterocycles. The minimum absolute atomic E-state index is 0.0208. The van der Waals surface area contributed by atoms with E-state index >= 15 is 0 Å². The third kappa shape index (κ3) is 8.54. The zero-order valence-electron chi connectivity index (χ0n) is 22.0. The van der Waals surface area contributed by atoms with Crippen molar-refractivity contribution in [3.63, 3.8) is 0 Å². The molecule has 1 unspecified atom stereocenters. The van der Waals surface area contributed by atoms with Crippen molar-refractivity contribution in [3.8, 4) is 11.5 Å². The molecule has 2 amide bonds. The number of amides is 2. The topological polar surface area (TPSA) is 59.1 Å². The van der Waals surface area contributed by atoms with E-state index in [-0.39, 0.29) is 24.4 Å². The van der Waals surface area contributed by atoms with E-state index in [2.05, 4.69) is 0 Å². The van der Waals surface area contributed by atoms with Gasteiger partial charge < -0.3 is 19.3 Å². The molecule has 1 atom stereocenters. The van der Waals surface area contributed by atoms with Crippen LogP contribution >= 0.6 is 23.1 Å². The number of rotatable bonds is 14. The van der Waals surface area contributed by atoms with Gasteiger partial charge >= 0.3 is 0 Å². The normalized spacial score (nSPS) is 11.6. The van der Waals surface area contributed by atoms with Crippen LogP contribution < -0.4 is 9.47 Å². The summed E-state index contributed by atoms with van der Waals surface area (Å²) in [6.45, 7) is 5.17. The fourth-order valence-electron chi connectivity index (χ4n) is 3.88. The van der Waals surface area contributed by atoms with Gasteiger partial charge in [-0.05, 0) is 61.0 Å². The van der Waals surface area contributed by atoms with Crippen LogP contribution in [0.25, 0.3) is 0 Å². The SMILES string of the molecule is CCC(C)N(CC(=O)N(CCc1ccc(OC)c(OC)c1)Cc1cccs1)C(=O)CSc1ccccc1. The standard InChI is InChI=1S/C29H36N2O4S2/c1-5-22(2)31(29(33)21-37-24-10-7-6-8-11-24)20-28(32)30(19-25-12-9-17-36-25)16-15-23-13-14-26(34-3)27(18-23)35-4/h6-14,17-18,22H,5,15-16,19-21H2,1-4H3. The van der Waals surface area contributed by atoms with Crippen LogP contribution in [0.1, 0.15) is 30.7 Å². The molecule has 0 spiro atoms. The second kappa shape index (κ2) is 14.7. The molecule has 0 radical (unpaired) electrons. The van der Waals surface area contributed by atoms with Gasteiger partial charge in [0.2, 0.25) is 11.8 Å². The summed E-state index contributed by atoms with van der Waals surface area (Å²) < 4.78 is 10.8. The van der Waals surface area contributed by atoms with Crippen LogP contribution in [-0.4, -0.2) is 60.7 Å². The molecule has 0 aliphatic carbocycles. The number of hydrogen-bond acceptors (Lipinski definition) is 6. The maximum absolute atomic E-state index is 13.6. The van der Waals surface area contributed by atoms with E-state index in [0.717, 1.165) is 21.8 Å². The monoisotopic (exact) mass is 540 g/mol. The van der Waals surface area contributed by atoms with Gasteiger partial charge in [-0.1, -0.05) is 37.3 Å². The van der Waals surface area contributed by atoms with Crippen molar-refractivity contribution in [1.82, 2.24) is 9.80 Å². The van der Waals surface area contributed by atoms with Crippen LogP contribution in [-0.2, 0) is 22.6 Å². The summed E-state index contributed by atoms with van der Waals surface area (Å²) >= 11 is 3.13. The summed E-state index contributed by atoms with van der Waals surface area (Å²) in [5, 5.41) is 2.02. The number of methoxy groups -OCH3 is 2. The van der Waals surface area contributed by atoms with Gasteiger partial charge in [0, 0.05) is 22.4 Å². The Balaban J connectivity index is 1.71. The Hall–Kier alpha value is -2.97. The molecule has 198 valence electrons. The van der Waals surface area contributed by atoms with Crippen LogP contribution in [0.2, 0.25) is 0 Å². The van der Waals surface area contributed by atoms with Crippen molar-refractivity contribution in [3.05, 3.63) is 76.5 Å². The van der Waals surface area contributed by atoms with Gasteiger partial charge in [0.15, 0.2) is 11.5 Å². The smallest absolute Gasteiger partial charge is 0.242 e. The predicted octanol–water partition coefficient (Wildman–Crippen LogP) is 5.76. The first-order valence-electron chi connectivity index (χ1n) is 12.4. The summed E-state index contributed by atoms with van der Waals surface area (Å²) in [6.07, 6.45) is 1.45. The number of hydrogen-bond donors (Lipinski definition) is 0. The van der Waals surface area contributed by atoms with Crippen molar-refractivity contribution >= 4 is 34.9 Å². The second-order valence-electron chi connectivity index (χ2n) is 8.71. The number of ether oxygens (including phenoxy) is 2. The minimum atomic E-state index is -0.0489. The van der Waals surface area contributed by atoms with Gasteiger partial charge in [-0.15, -0.1) is 23.1 Å². The lowest BCUT2D eigenvalue weighted by molar-refractivity contribution is -0.141. The maximum atomic E-state index is 13.6. The average Bonchev–Trinajstić information content (AvgIpc) is 3.45. The molecule has 0 saturated heterocycles. The Bertz CT molecular complexity index is 1120. The van der Waals surface area contributed by atoms with Crippen LogP contribution in [0, 0.1) is 0 Å². The zero-order valence-corrected chi connectivity index (χ0v) is 23.6. The highest BCUT2D eigenvalue weighted by molar-refractivity contribution is 8.00. The van der Waals surface area contributed by atoms with Gasteiger partial charge in [0.1, 0.15) is 6.54 Å². The molecule has 0 fully saturated rings. The van der Waals surface area contributed by atoms with Crippen molar-refractivity contribution in [2.75, 3.05) is 33.1 Å². The highest BCUT2D eigenvalue weighted by Gasteiger charge is 2.25. The molecule has 3 rings (SSSR count). The predicted molar refractivity (Wildman–Crippen MR) is 152 cm³/mol. The largest absolute Gasteiger partial charge is 0.493 e. The first-order chi connectivity index (χ1) is 17.9. The minimum Gasteiger partial charge on any atom is -0.493 e. The molecule has 0 saturated carbocycles. The van der Waals surface area contributed by atoms with Crippen LogP contribution in [0.15, 0.2) is 70.9 Å². The lowest BCUT2D eigenvalue weighted by atomic mass is 10.1. The Morgan fingerprint density at radius 3 is 2.38 bits per heavy atom. The average molecular weight is 541 g/mol. The highest BCUT2D eigenvalue weighted by Crippen LogP contribution is 2.28. The van der Waals surface area contributed by atoms with Crippen molar-refractivity contribution in [2.24, 2.45) is 0 Å². The molecule has 0 aliphatic rings. The molecule has 8 heteroatoms. The number of benzene rings is 2. The quantitative estimate of drug-likeness (QED) is 0.244. The first kappa shape index (κ1) is 28.6. The van der Waals surface area contributed by atoms with E-state index in [1.807, 2.05) is 84.8 Å². The summed E-state index contributed by atoms with van der Waals surface area (Å²) in [4.78, 5) is 32.6. The van der Waals surface area contributed by atoms with Gasteiger partial charge in [-0.3, -0.25) is 9.59 Å². The molecule has 0 N–H and O–H groups in total. The van der Waals surface area contributed by atoms with Gasteiger partial charge in [-0.25, -0.2) is 0 Å². The van der Waals surface area contributed by atoms with Crippen molar-refractivity contribution < 1.29 is 19.1 Å². The lowest BCUT2D eigenvalue weighted by Gasteiger charge is -2.31. The maximum Gasteiger partial charge on any atom is 0.242 e. The van der Waals surface area contributed by atoms with Crippen molar-refractivity contribution in [1.29, 1.82) is 0 Å². The Labute approximate surface area is 228 Å². The zero-order chi connectivity index (χ0) is 26.6. The molecule has 1 aromatic heterocycles. The van der Waals surface area contributed by atoms with Crippen LogP contribution in [0.5, 0.6) is 11.5 Å². The van der Waals surface area contributed by atoms with E-state index < -0.39 is 0 Å². The van der Waals surface area contributed by atoms with Crippen molar-refractivity contribution in [2.45, 2.75) is 44.2 Å². The lowest BCUT2D eigenvalue weighted by Crippen LogP contribution is -2.47. The molecular weight excluding hydrogens is 504 g/mol. The van der Waals surface area contributed by atoms with E-state index in [9.17, 15) is 9.59 Å². The Morgan fingerprint density at radius 2 is 1.73 bits per heavy atom. The third-order valence-corrected chi connectivity index (χ3v) is 8.11. The molecule has 0 bridgehead atoms. The van der Waals surface area contributed by atoms with E-state index in [4.69, 9.17) is 9.47 Å². The molecule has 37 heavy (non-hydrogen) atoms.